The lowest BCUT2D eigenvalue weighted by Crippen LogP contribution is -2.29. The lowest BCUT2D eigenvalue weighted by Gasteiger charge is -2.13. The van der Waals surface area contributed by atoms with Gasteiger partial charge in [-0.05, 0) is 30.2 Å². The molecule has 1 heterocycles. The average Bonchev–Trinajstić information content (AvgIpc) is 3.19. The summed E-state index contributed by atoms with van der Waals surface area (Å²) in [5, 5.41) is 0. The van der Waals surface area contributed by atoms with Gasteiger partial charge in [0.15, 0.2) is 6.04 Å². The van der Waals surface area contributed by atoms with Gasteiger partial charge in [-0.2, -0.15) is 0 Å². The van der Waals surface area contributed by atoms with Crippen LogP contribution in [0.25, 0.3) is 0 Å². The van der Waals surface area contributed by atoms with E-state index in [4.69, 9.17) is 14.2 Å². The Kier molecular flexibility index (Phi) is 6.09. The number of nitrogens with zero attached hydrogens (tertiary/aromatic N) is 1. The van der Waals surface area contributed by atoms with Crippen LogP contribution in [0.3, 0.4) is 0 Å². The minimum Gasteiger partial charge on any atom is -0.488 e. The lowest BCUT2D eigenvalue weighted by molar-refractivity contribution is -0.147. The molecule has 4 rings (SSSR count). The number of ether oxygens (including phenoxy) is 3. The van der Waals surface area contributed by atoms with E-state index in [-0.39, 0.29) is 6.61 Å². The van der Waals surface area contributed by atoms with Crippen molar-refractivity contribution in [1.82, 2.24) is 0 Å². The molecular weight excluding hydrogens is 378 g/mol. The Balaban J connectivity index is 1.45. The number of carbonyl (C=O) groups excluding carboxylic acids is 1. The molecule has 152 valence electrons. The van der Waals surface area contributed by atoms with Gasteiger partial charge in [0.25, 0.3) is 0 Å². The molecule has 5 nitrogen and oxygen atoms in total. The van der Waals surface area contributed by atoms with Gasteiger partial charge in [-0.1, -0.05) is 72.8 Å². The summed E-state index contributed by atoms with van der Waals surface area (Å²) in [5.74, 6) is 0.655. The van der Waals surface area contributed by atoms with Crippen molar-refractivity contribution in [2.75, 3.05) is 0 Å². The highest BCUT2D eigenvalue weighted by molar-refractivity contribution is 6.00. The Morgan fingerprint density at radius 3 is 2.17 bits per heavy atom. The molecular formula is C25H23NO4. The summed E-state index contributed by atoms with van der Waals surface area (Å²) >= 11 is 0. The highest BCUT2D eigenvalue weighted by atomic mass is 16.5. The number of esters is 1. The summed E-state index contributed by atoms with van der Waals surface area (Å²) in [7, 11) is 0. The average molecular weight is 401 g/mol. The summed E-state index contributed by atoms with van der Waals surface area (Å²) in [4.78, 5) is 17.1. The molecule has 3 aromatic rings. The van der Waals surface area contributed by atoms with Crippen LogP contribution in [-0.4, -0.2) is 24.0 Å². The highest BCUT2D eigenvalue weighted by Crippen LogP contribution is 2.26. The van der Waals surface area contributed by atoms with Crippen LogP contribution >= 0.6 is 0 Å². The minimum atomic E-state index is -0.703. The Bertz CT molecular complexity index is 1020. The van der Waals surface area contributed by atoms with Gasteiger partial charge in [0.2, 0.25) is 5.90 Å². The molecule has 1 aliphatic heterocycles. The predicted molar refractivity (Wildman–Crippen MR) is 114 cm³/mol. The number of benzene rings is 3. The zero-order valence-electron chi connectivity index (χ0n) is 16.7. The van der Waals surface area contributed by atoms with E-state index in [0.29, 0.717) is 18.3 Å². The molecule has 5 heteroatoms. The first-order valence-corrected chi connectivity index (χ1v) is 9.92. The van der Waals surface area contributed by atoms with Crippen molar-refractivity contribution in [3.05, 3.63) is 102 Å². The molecule has 0 fully saturated rings. The zero-order valence-corrected chi connectivity index (χ0v) is 16.7. The fourth-order valence-corrected chi connectivity index (χ4v) is 3.20. The van der Waals surface area contributed by atoms with Crippen molar-refractivity contribution in [3.63, 3.8) is 0 Å². The van der Waals surface area contributed by atoms with Crippen LogP contribution in [0.4, 0.5) is 0 Å². The number of carbonyl (C=O) groups is 1. The van der Waals surface area contributed by atoms with Crippen molar-refractivity contribution < 1.29 is 19.0 Å². The normalized spacial score (nSPS) is 17.7. The zero-order chi connectivity index (χ0) is 20.8. The van der Waals surface area contributed by atoms with E-state index in [0.717, 1.165) is 16.7 Å². The van der Waals surface area contributed by atoms with Crippen LogP contribution in [0.15, 0.2) is 89.9 Å². The Labute approximate surface area is 175 Å². The Morgan fingerprint density at radius 2 is 1.47 bits per heavy atom. The van der Waals surface area contributed by atoms with E-state index in [1.165, 1.54) is 0 Å². The lowest BCUT2D eigenvalue weighted by atomic mass is 10.2. The second-order valence-electron chi connectivity index (χ2n) is 7.07. The molecule has 0 spiro atoms. The first-order valence-electron chi connectivity index (χ1n) is 9.92. The fraction of sp³-hybridized carbons (Fsp3) is 0.200. The molecule has 0 aliphatic carbocycles. The van der Waals surface area contributed by atoms with E-state index in [1.54, 1.807) is 0 Å². The van der Waals surface area contributed by atoms with Crippen molar-refractivity contribution in [2.24, 2.45) is 4.99 Å². The summed E-state index contributed by atoms with van der Waals surface area (Å²) in [5.41, 5.74) is 2.72. The monoisotopic (exact) mass is 401 g/mol. The Hall–Kier alpha value is -3.60. The molecule has 3 aromatic carbocycles. The standard InChI is InChI=1S/C25H23NO4/c1-18-23(25(27)29-17-20-12-6-3-7-13-20)26-24(30-18)21-14-8-9-15-22(21)28-16-19-10-4-2-5-11-19/h2-15,18,23H,16-17H2,1H3/t18-,23?/m0/s1. The summed E-state index contributed by atoms with van der Waals surface area (Å²) < 4.78 is 17.3. The van der Waals surface area contributed by atoms with Crippen LogP contribution in [-0.2, 0) is 27.5 Å². The van der Waals surface area contributed by atoms with Crippen LogP contribution in [0.5, 0.6) is 5.75 Å². The number of hydrogen-bond donors (Lipinski definition) is 0. The van der Waals surface area contributed by atoms with Crippen molar-refractivity contribution in [2.45, 2.75) is 32.3 Å². The van der Waals surface area contributed by atoms with E-state index < -0.39 is 18.1 Å². The van der Waals surface area contributed by atoms with Gasteiger partial charge in [-0.15, -0.1) is 0 Å². The van der Waals surface area contributed by atoms with E-state index in [2.05, 4.69) is 4.99 Å². The summed E-state index contributed by atoms with van der Waals surface area (Å²) in [6, 6.07) is 26.3. The molecule has 0 bridgehead atoms. The van der Waals surface area contributed by atoms with Gasteiger partial charge in [-0.3, -0.25) is 0 Å². The van der Waals surface area contributed by atoms with Crippen LogP contribution in [0.1, 0.15) is 23.6 Å². The fourth-order valence-electron chi connectivity index (χ4n) is 3.20. The van der Waals surface area contributed by atoms with Gasteiger partial charge in [0.1, 0.15) is 25.1 Å². The number of rotatable bonds is 7. The van der Waals surface area contributed by atoms with Crippen LogP contribution < -0.4 is 4.74 Å². The molecule has 0 radical (unpaired) electrons. The third-order valence-electron chi connectivity index (χ3n) is 4.82. The largest absolute Gasteiger partial charge is 0.488 e. The van der Waals surface area contributed by atoms with Gasteiger partial charge in [0, 0.05) is 0 Å². The van der Waals surface area contributed by atoms with Gasteiger partial charge < -0.3 is 14.2 Å². The molecule has 30 heavy (non-hydrogen) atoms. The van der Waals surface area contributed by atoms with Crippen molar-refractivity contribution in [3.8, 4) is 5.75 Å². The molecule has 2 atom stereocenters. The number of para-hydroxylation sites is 1. The molecule has 0 N–H and O–H groups in total. The van der Waals surface area contributed by atoms with Gasteiger partial charge >= 0.3 is 5.97 Å². The maximum absolute atomic E-state index is 12.6. The topological polar surface area (TPSA) is 57.1 Å². The van der Waals surface area contributed by atoms with Gasteiger partial charge in [0.05, 0.1) is 5.56 Å². The quantitative estimate of drug-likeness (QED) is 0.545. The molecule has 0 saturated heterocycles. The molecule has 1 unspecified atom stereocenters. The SMILES string of the molecule is C[C@@H]1OC(c2ccccc2OCc2ccccc2)=NC1C(=O)OCc1ccccc1. The smallest absolute Gasteiger partial charge is 0.335 e. The second-order valence-corrected chi connectivity index (χ2v) is 7.07. The summed E-state index contributed by atoms with van der Waals surface area (Å²) in [6.07, 6.45) is -0.412. The third-order valence-corrected chi connectivity index (χ3v) is 4.82. The summed E-state index contributed by atoms with van der Waals surface area (Å²) in [6.45, 7) is 2.46. The van der Waals surface area contributed by atoms with E-state index in [1.807, 2.05) is 91.9 Å². The number of hydrogen-bond acceptors (Lipinski definition) is 5. The first kappa shape index (κ1) is 19.7. The van der Waals surface area contributed by atoms with Crippen molar-refractivity contribution >= 4 is 11.9 Å². The van der Waals surface area contributed by atoms with Crippen LogP contribution in [0.2, 0.25) is 0 Å². The highest BCUT2D eigenvalue weighted by Gasteiger charge is 2.35. The maximum atomic E-state index is 12.6. The van der Waals surface area contributed by atoms with Crippen LogP contribution in [0, 0.1) is 0 Å². The van der Waals surface area contributed by atoms with Crippen molar-refractivity contribution in [1.29, 1.82) is 0 Å². The molecule has 0 aromatic heterocycles. The molecule has 1 aliphatic rings. The predicted octanol–water partition coefficient (Wildman–Crippen LogP) is 4.54. The maximum Gasteiger partial charge on any atom is 0.335 e. The molecule has 0 saturated carbocycles. The molecule has 0 amide bonds. The van der Waals surface area contributed by atoms with Gasteiger partial charge in [-0.25, -0.2) is 9.79 Å². The third kappa shape index (κ3) is 4.69. The Morgan fingerprint density at radius 1 is 0.867 bits per heavy atom. The first-order chi connectivity index (χ1) is 14.7. The van der Waals surface area contributed by atoms with E-state index >= 15 is 0 Å². The minimum absolute atomic E-state index is 0.213. The second kappa shape index (κ2) is 9.27. The number of aliphatic imine (C=N–C) groups is 1. The van der Waals surface area contributed by atoms with E-state index in [9.17, 15) is 4.79 Å².